The molecule has 3 aromatic carbocycles. The Morgan fingerprint density at radius 1 is 0.882 bits per heavy atom. The highest BCUT2D eigenvalue weighted by Gasteiger charge is 2.25. The number of carbonyl (C=O) groups is 3. The van der Waals surface area contributed by atoms with E-state index in [4.69, 9.17) is 9.47 Å². The van der Waals surface area contributed by atoms with Gasteiger partial charge in [-0.15, -0.1) is 0 Å². The molecule has 34 heavy (non-hydrogen) atoms. The lowest BCUT2D eigenvalue weighted by Crippen LogP contribution is -2.42. The van der Waals surface area contributed by atoms with Gasteiger partial charge in [-0.25, -0.2) is 4.79 Å². The van der Waals surface area contributed by atoms with Crippen molar-refractivity contribution >= 4 is 18.3 Å². The Labute approximate surface area is 197 Å². The summed E-state index contributed by atoms with van der Waals surface area (Å²) < 4.78 is 10.5. The Balaban J connectivity index is 1.78. The summed E-state index contributed by atoms with van der Waals surface area (Å²) in [5, 5.41) is 15.1. The van der Waals surface area contributed by atoms with E-state index in [0.717, 1.165) is 11.1 Å². The lowest BCUT2D eigenvalue weighted by molar-refractivity contribution is -0.139. The molecule has 0 bridgehead atoms. The third kappa shape index (κ3) is 5.72. The van der Waals surface area contributed by atoms with Gasteiger partial charge in [-0.1, -0.05) is 60.7 Å². The molecular formula is C26H26N2O6. The van der Waals surface area contributed by atoms with Crippen LogP contribution in [-0.2, 0) is 16.0 Å². The summed E-state index contributed by atoms with van der Waals surface area (Å²) in [6, 6.07) is 20.1. The minimum atomic E-state index is -1.18. The van der Waals surface area contributed by atoms with Crippen molar-refractivity contribution in [2.24, 2.45) is 0 Å². The van der Waals surface area contributed by atoms with Gasteiger partial charge >= 0.3 is 5.97 Å². The maximum atomic E-state index is 12.9. The lowest BCUT2D eigenvalue weighted by atomic mass is 9.96. The number of hydrogen-bond donors (Lipinski definition) is 3. The normalized spacial score (nSPS) is 12.2. The first-order chi connectivity index (χ1) is 16.5. The number of aliphatic carboxylic acids is 1. The van der Waals surface area contributed by atoms with E-state index in [1.165, 1.54) is 14.2 Å². The Bertz CT molecular complexity index is 1110. The zero-order valence-electron chi connectivity index (χ0n) is 18.9. The average Bonchev–Trinajstić information content (AvgIpc) is 2.87. The summed E-state index contributed by atoms with van der Waals surface area (Å²) in [7, 11) is 2.84. The molecule has 0 aliphatic heterocycles. The Hall–Kier alpha value is -4.33. The fraction of sp³-hybridized carbons (Fsp3) is 0.192. The molecule has 8 nitrogen and oxygen atoms in total. The molecule has 0 aliphatic rings. The predicted molar refractivity (Wildman–Crippen MR) is 126 cm³/mol. The lowest BCUT2D eigenvalue weighted by Gasteiger charge is -2.19. The molecule has 2 atom stereocenters. The Morgan fingerprint density at radius 2 is 1.47 bits per heavy atom. The SMILES string of the molecule is COc1cccc(OC)c1C(=O)N[C@@H](Cc1ccc(C(NC=O)c2ccccc2)cc1)C(=O)O. The smallest absolute Gasteiger partial charge is 0.326 e. The van der Waals surface area contributed by atoms with Crippen LogP contribution < -0.4 is 20.1 Å². The summed E-state index contributed by atoms with van der Waals surface area (Å²) in [4.78, 5) is 35.9. The summed E-state index contributed by atoms with van der Waals surface area (Å²) in [5.74, 6) is -1.23. The van der Waals surface area contributed by atoms with Gasteiger partial charge in [0, 0.05) is 6.42 Å². The molecule has 0 radical (unpaired) electrons. The number of carboxylic acid groups (broad SMARTS) is 1. The van der Waals surface area contributed by atoms with E-state index in [0.29, 0.717) is 12.0 Å². The van der Waals surface area contributed by atoms with Gasteiger partial charge in [-0.05, 0) is 28.8 Å². The number of methoxy groups -OCH3 is 2. The first-order valence-electron chi connectivity index (χ1n) is 10.6. The third-order valence-corrected chi connectivity index (χ3v) is 5.38. The van der Waals surface area contributed by atoms with Gasteiger partial charge in [0.05, 0.1) is 20.3 Å². The van der Waals surface area contributed by atoms with Gasteiger partial charge in [-0.2, -0.15) is 0 Å². The van der Waals surface area contributed by atoms with Crippen LogP contribution in [0.15, 0.2) is 72.8 Å². The molecule has 3 rings (SSSR count). The van der Waals surface area contributed by atoms with E-state index in [-0.39, 0.29) is 29.5 Å². The van der Waals surface area contributed by atoms with Crippen molar-refractivity contribution in [1.82, 2.24) is 10.6 Å². The number of carboxylic acids is 1. The van der Waals surface area contributed by atoms with Crippen LogP contribution in [0.25, 0.3) is 0 Å². The molecule has 0 aromatic heterocycles. The summed E-state index contributed by atoms with van der Waals surface area (Å²) in [5.41, 5.74) is 2.60. The van der Waals surface area contributed by atoms with E-state index in [9.17, 15) is 19.5 Å². The van der Waals surface area contributed by atoms with Crippen LogP contribution in [0.4, 0.5) is 0 Å². The van der Waals surface area contributed by atoms with Crippen molar-refractivity contribution in [2.45, 2.75) is 18.5 Å². The minimum absolute atomic E-state index is 0.0654. The monoisotopic (exact) mass is 462 g/mol. The van der Waals surface area contributed by atoms with E-state index in [2.05, 4.69) is 10.6 Å². The molecule has 3 N–H and O–H groups in total. The Morgan fingerprint density at radius 3 is 2.00 bits per heavy atom. The summed E-state index contributed by atoms with van der Waals surface area (Å²) in [6.07, 6.45) is 0.712. The van der Waals surface area contributed by atoms with Gasteiger partial charge in [0.25, 0.3) is 5.91 Å². The number of carbonyl (C=O) groups excluding carboxylic acids is 2. The highest BCUT2D eigenvalue weighted by Crippen LogP contribution is 2.28. The van der Waals surface area contributed by atoms with Gasteiger partial charge in [0.15, 0.2) is 0 Å². The van der Waals surface area contributed by atoms with E-state index < -0.39 is 17.9 Å². The highest BCUT2D eigenvalue weighted by atomic mass is 16.5. The highest BCUT2D eigenvalue weighted by molar-refractivity contribution is 6.01. The largest absolute Gasteiger partial charge is 0.496 e. The van der Waals surface area contributed by atoms with Crippen LogP contribution in [0, 0.1) is 0 Å². The van der Waals surface area contributed by atoms with Crippen LogP contribution in [0.1, 0.15) is 33.1 Å². The van der Waals surface area contributed by atoms with Gasteiger partial charge in [-0.3, -0.25) is 9.59 Å². The van der Waals surface area contributed by atoms with Crippen LogP contribution >= 0.6 is 0 Å². The molecule has 8 heteroatoms. The van der Waals surface area contributed by atoms with Crippen LogP contribution in [0.5, 0.6) is 11.5 Å². The molecule has 0 aliphatic carbocycles. The number of nitrogens with one attached hydrogen (secondary N) is 2. The number of hydrogen-bond acceptors (Lipinski definition) is 5. The van der Waals surface area contributed by atoms with Crippen molar-refractivity contribution in [3.05, 3.63) is 95.1 Å². The van der Waals surface area contributed by atoms with Crippen molar-refractivity contribution in [3.8, 4) is 11.5 Å². The topological polar surface area (TPSA) is 114 Å². The Kier molecular flexibility index (Phi) is 8.23. The number of rotatable bonds is 11. The zero-order chi connectivity index (χ0) is 24.5. The second-order valence-electron chi connectivity index (χ2n) is 7.48. The van der Waals surface area contributed by atoms with Crippen LogP contribution in [0.3, 0.4) is 0 Å². The molecule has 0 spiro atoms. The van der Waals surface area contributed by atoms with Crippen LogP contribution in [0.2, 0.25) is 0 Å². The first-order valence-corrected chi connectivity index (χ1v) is 10.6. The maximum Gasteiger partial charge on any atom is 0.326 e. The molecule has 0 heterocycles. The van der Waals surface area contributed by atoms with E-state index in [1.807, 2.05) is 42.5 Å². The van der Waals surface area contributed by atoms with Crippen molar-refractivity contribution in [1.29, 1.82) is 0 Å². The predicted octanol–water partition coefficient (Wildman–Crippen LogP) is 2.96. The van der Waals surface area contributed by atoms with E-state index in [1.54, 1.807) is 30.3 Å². The van der Waals surface area contributed by atoms with Gasteiger partial charge in [0.1, 0.15) is 23.1 Å². The summed E-state index contributed by atoms with van der Waals surface area (Å²) in [6.45, 7) is 0. The summed E-state index contributed by atoms with van der Waals surface area (Å²) >= 11 is 0. The fourth-order valence-electron chi connectivity index (χ4n) is 3.69. The van der Waals surface area contributed by atoms with Crippen molar-refractivity contribution in [2.75, 3.05) is 14.2 Å². The quantitative estimate of drug-likeness (QED) is 0.378. The molecule has 0 saturated carbocycles. The number of amides is 2. The maximum absolute atomic E-state index is 12.9. The van der Waals surface area contributed by atoms with Crippen molar-refractivity contribution < 1.29 is 29.0 Å². The molecule has 2 amide bonds. The number of benzene rings is 3. The van der Waals surface area contributed by atoms with Gasteiger partial charge in [0.2, 0.25) is 6.41 Å². The molecule has 0 fully saturated rings. The number of ether oxygens (including phenoxy) is 2. The second kappa shape index (κ2) is 11.5. The molecule has 3 aromatic rings. The van der Waals surface area contributed by atoms with Gasteiger partial charge < -0.3 is 25.2 Å². The third-order valence-electron chi connectivity index (χ3n) is 5.38. The van der Waals surface area contributed by atoms with Crippen LogP contribution in [-0.4, -0.2) is 43.7 Å². The molecule has 0 saturated heterocycles. The zero-order valence-corrected chi connectivity index (χ0v) is 18.9. The molecular weight excluding hydrogens is 436 g/mol. The standard InChI is InChI=1S/C26H26N2O6/c1-33-21-9-6-10-22(34-2)23(21)25(30)28-20(26(31)32)15-17-11-13-19(14-12-17)24(27-16-29)18-7-4-3-5-8-18/h3-14,16,20,24H,15H2,1-2H3,(H,27,29)(H,28,30)(H,31,32)/t20-,24?/m0/s1. The van der Waals surface area contributed by atoms with Crippen molar-refractivity contribution in [3.63, 3.8) is 0 Å². The average molecular weight is 463 g/mol. The fourth-order valence-corrected chi connectivity index (χ4v) is 3.69. The molecule has 176 valence electrons. The van der Waals surface area contributed by atoms with E-state index >= 15 is 0 Å². The first kappa shape index (κ1) is 24.3. The minimum Gasteiger partial charge on any atom is -0.496 e. The second-order valence-corrected chi connectivity index (χ2v) is 7.48. The molecule has 1 unspecified atom stereocenters.